The van der Waals surface area contributed by atoms with Crippen molar-refractivity contribution in [2.24, 2.45) is 0 Å². The van der Waals surface area contributed by atoms with E-state index in [-0.39, 0.29) is 18.0 Å². The van der Waals surface area contributed by atoms with E-state index in [1.54, 1.807) is 30.3 Å². The van der Waals surface area contributed by atoms with Gasteiger partial charge in [-0.15, -0.1) is 0 Å². The van der Waals surface area contributed by atoms with Crippen LogP contribution < -0.4 is 9.04 Å². The zero-order valence-electron chi connectivity index (χ0n) is 19.9. The van der Waals surface area contributed by atoms with Crippen LogP contribution >= 0.6 is 0 Å². The largest absolute Gasteiger partial charge is 0.487 e. The van der Waals surface area contributed by atoms with Crippen molar-refractivity contribution >= 4 is 22.0 Å². The van der Waals surface area contributed by atoms with E-state index in [0.29, 0.717) is 23.8 Å². The van der Waals surface area contributed by atoms with Crippen molar-refractivity contribution in [1.82, 2.24) is 0 Å². The van der Waals surface area contributed by atoms with Gasteiger partial charge in [0, 0.05) is 11.6 Å². The molecule has 5 nitrogen and oxygen atoms in total. The number of benzene rings is 3. The Labute approximate surface area is 208 Å². The van der Waals surface area contributed by atoms with Crippen LogP contribution in [0.15, 0.2) is 53.4 Å². The van der Waals surface area contributed by atoms with Crippen molar-refractivity contribution in [1.29, 1.82) is 0 Å². The first-order chi connectivity index (χ1) is 17.1. The molecule has 0 saturated heterocycles. The topological polar surface area (TPSA) is 63.7 Å². The second kappa shape index (κ2) is 10.3. The van der Waals surface area contributed by atoms with Crippen LogP contribution in [0, 0.1) is 18.6 Å². The third-order valence-corrected chi connectivity index (χ3v) is 7.93. The Balaban J connectivity index is 1.79. The molecule has 1 atom stereocenters. The molecule has 36 heavy (non-hydrogen) atoms. The van der Waals surface area contributed by atoms with Crippen LogP contribution in [-0.2, 0) is 29.5 Å². The number of halogens is 3. The van der Waals surface area contributed by atoms with E-state index in [0.717, 1.165) is 52.1 Å². The molecule has 0 amide bonds. The maximum Gasteiger partial charge on any atom is 0.264 e. The minimum atomic E-state index is -4.54. The van der Waals surface area contributed by atoms with Gasteiger partial charge in [0.2, 0.25) is 0 Å². The lowest BCUT2D eigenvalue weighted by molar-refractivity contribution is 0.112. The molecule has 9 heteroatoms. The highest BCUT2D eigenvalue weighted by atomic mass is 32.2. The number of sulfonamides is 1. The van der Waals surface area contributed by atoms with Crippen molar-refractivity contribution in [2.45, 2.75) is 50.8 Å². The molecule has 190 valence electrons. The van der Waals surface area contributed by atoms with Crippen LogP contribution in [0.3, 0.4) is 0 Å². The van der Waals surface area contributed by atoms with Crippen LogP contribution in [0.2, 0.25) is 0 Å². The zero-order chi connectivity index (χ0) is 26.0. The first kappa shape index (κ1) is 25.8. The van der Waals surface area contributed by atoms with Crippen molar-refractivity contribution in [3.63, 3.8) is 0 Å². The second-order valence-electron chi connectivity index (χ2n) is 8.96. The van der Waals surface area contributed by atoms with E-state index < -0.39 is 39.3 Å². The molecule has 0 N–H and O–H groups in total. The van der Waals surface area contributed by atoms with Crippen LogP contribution in [0.25, 0.3) is 0 Å². The summed E-state index contributed by atoms with van der Waals surface area (Å²) >= 11 is 0. The van der Waals surface area contributed by atoms with Gasteiger partial charge >= 0.3 is 0 Å². The summed E-state index contributed by atoms with van der Waals surface area (Å²) in [5, 5.41) is 0. The number of hydrogen-bond acceptors (Lipinski definition) is 4. The standard InChI is InChI=1S/C27H26F3NO4S/c1-17-8-19(15-32)6-7-22(17)16-35-27-10-21-5-3-4-20(21)9-26(27)31(14-18(2)28)36(33,34)25-12-23(29)11-24(30)13-25/h6-13,15,18H,3-5,14,16H2,1-2H3. The molecule has 1 aliphatic rings. The molecule has 0 saturated carbocycles. The molecule has 0 bridgehead atoms. The summed E-state index contributed by atoms with van der Waals surface area (Å²) in [5.74, 6) is -1.89. The minimum absolute atomic E-state index is 0.0738. The van der Waals surface area contributed by atoms with Crippen LogP contribution in [0.5, 0.6) is 5.75 Å². The molecule has 0 aliphatic heterocycles. The molecule has 3 aromatic carbocycles. The lowest BCUT2D eigenvalue weighted by Gasteiger charge is -2.28. The average molecular weight is 518 g/mol. The Morgan fingerprint density at radius 3 is 2.31 bits per heavy atom. The zero-order valence-corrected chi connectivity index (χ0v) is 20.7. The van der Waals surface area contributed by atoms with E-state index in [4.69, 9.17) is 4.74 Å². The van der Waals surface area contributed by atoms with Crippen LogP contribution in [0.1, 0.15) is 46.0 Å². The Hall–Kier alpha value is -3.33. The summed E-state index contributed by atoms with van der Waals surface area (Å²) in [5.41, 5.74) is 4.15. The maximum atomic E-state index is 14.3. The maximum absolute atomic E-state index is 14.3. The lowest BCUT2D eigenvalue weighted by atomic mass is 10.1. The molecule has 4 rings (SSSR count). The number of nitrogens with zero attached hydrogens (tertiary/aromatic N) is 1. The Bertz CT molecular complexity index is 1390. The lowest BCUT2D eigenvalue weighted by Crippen LogP contribution is -2.36. The van der Waals surface area contributed by atoms with Gasteiger partial charge in [0.25, 0.3) is 10.0 Å². The highest BCUT2D eigenvalue weighted by Crippen LogP contribution is 2.39. The molecule has 3 aromatic rings. The number of fused-ring (bicyclic) bond motifs is 1. The van der Waals surface area contributed by atoms with Crippen molar-refractivity contribution in [2.75, 3.05) is 10.8 Å². The second-order valence-corrected chi connectivity index (χ2v) is 10.8. The van der Waals surface area contributed by atoms with E-state index in [1.807, 2.05) is 6.92 Å². The van der Waals surface area contributed by atoms with E-state index in [1.165, 1.54) is 6.92 Å². The van der Waals surface area contributed by atoms with Gasteiger partial charge in [-0.2, -0.15) is 0 Å². The quantitative estimate of drug-likeness (QED) is 0.341. The summed E-state index contributed by atoms with van der Waals surface area (Å²) in [4.78, 5) is 10.4. The molecular formula is C27H26F3NO4S. The van der Waals surface area contributed by atoms with Gasteiger partial charge in [-0.05, 0) is 85.7 Å². The van der Waals surface area contributed by atoms with E-state index >= 15 is 0 Å². The number of rotatable bonds is 9. The number of hydrogen-bond donors (Lipinski definition) is 0. The summed E-state index contributed by atoms with van der Waals surface area (Å²) in [6.45, 7) is 2.54. The van der Waals surface area contributed by atoms with Crippen molar-refractivity contribution < 1.29 is 31.1 Å². The van der Waals surface area contributed by atoms with Crippen LogP contribution in [-0.4, -0.2) is 27.4 Å². The molecule has 0 heterocycles. The fraction of sp³-hybridized carbons (Fsp3) is 0.296. The summed E-state index contributed by atoms with van der Waals surface area (Å²) in [7, 11) is -4.54. The Morgan fingerprint density at radius 2 is 1.69 bits per heavy atom. The van der Waals surface area contributed by atoms with Gasteiger partial charge in [-0.1, -0.05) is 12.1 Å². The first-order valence-corrected chi connectivity index (χ1v) is 13.0. The molecule has 1 unspecified atom stereocenters. The predicted octanol–water partition coefficient (Wildman–Crippen LogP) is 5.71. The van der Waals surface area contributed by atoms with Crippen LogP contribution in [0.4, 0.5) is 18.9 Å². The molecule has 0 spiro atoms. The third-order valence-electron chi connectivity index (χ3n) is 6.17. The number of carbonyl (C=O) groups is 1. The van der Waals surface area contributed by atoms with Gasteiger partial charge in [0.05, 0.1) is 17.1 Å². The molecule has 0 radical (unpaired) electrons. The fourth-order valence-corrected chi connectivity index (χ4v) is 5.95. The number of aryl methyl sites for hydroxylation is 3. The number of ether oxygens (including phenoxy) is 1. The highest BCUT2D eigenvalue weighted by molar-refractivity contribution is 7.92. The number of carbonyl (C=O) groups excluding carboxylic acids is 1. The molecule has 1 aliphatic carbocycles. The Kier molecular flexibility index (Phi) is 7.40. The monoisotopic (exact) mass is 517 g/mol. The number of anilines is 1. The molecule has 0 fully saturated rings. The normalized spacial score (nSPS) is 13.8. The number of aldehydes is 1. The smallest absolute Gasteiger partial charge is 0.264 e. The van der Waals surface area contributed by atoms with Gasteiger partial charge in [-0.3, -0.25) is 9.10 Å². The van der Waals surface area contributed by atoms with Gasteiger partial charge < -0.3 is 4.74 Å². The molecular weight excluding hydrogens is 491 g/mol. The Morgan fingerprint density at radius 1 is 1.03 bits per heavy atom. The van der Waals surface area contributed by atoms with Crippen molar-refractivity contribution in [3.05, 3.63) is 88.0 Å². The van der Waals surface area contributed by atoms with E-state index in [2.05, 4.69) is 0 Å². The first-order valence-electron chi connectivity index (χ1n) is 11.5. The van der Waals surface area contributed by atoms with Gasteiger partial charge in [0.1, 0.15) is 36.4 Å². The number of alkyl halides is 1. The summed E-state index contributed by atoms with van der Waals surface area (Å²) in [6.07, 6.45) is 1.57. The average Bonchev–Trinajstić information content (AvgIpc) is 3.27. The summed E-state index contributed by atoms with van der Waals surface area (Å²) in [6, 6.07) is 10.5. The van der Waals surface area contributed by atoms with E-state index in [9.17, 15) is 26.4 Å². The predicted molar refractivity (Wildman–Crippen MR) is 131 cm³/mol. The van der Waals surface area contributed by atoms with Gasteiger partial charge in [-0.25, -0.2) is 21.6 Å². The minimum Gasteiger partial charge on any atom is -0.487 e. The van der Waals surface area contributed by atoms with Gasteiger partial charge in [0.15, 0.2) is 0 Å². The fourth-order valence-electron chi connectivity index (χ4n) is 4.37. The third kappa shape index (κ3) is 5.41. The molecule has 0 aromatic heterocycles. The highest BCUT2D eigenvalue weighted by Gasteiger charge is 2.31. The SMILES string of the molecule is Cc1cc(C=O)ccc1COc1cc2c(cc1N(CC(C)F)S(=O)(=O)c1cc(F)cc(F)c1)CCC2. The summed E-state index contributed by atoms with van der Waals surface area (Å²) < 4.78 is 76.1. The van der Waals surface area contributed by atoms with Crippen molar-refractivity contribution in [3.8, 4) is 5.75 Å².